The molecule has 0 bridgehead atoms. The molecule has 0 atom stereocenters. The Morgan fingerprint density at radius 2 is 2.29 bits per heavy atom. The standard InChI is InChI=1S/C9H10BrNO3/c1-2-14-9(13)5-3-4-6(10)8(12)7(5)11/h3-4,12H,2,11H2,1H3. The number of ether oxygens (including phenoxy) is 1. The van der Waals surface area contributed by atoms with Gasteiger partial charge in [0, 0.05) is 0 Å². The highest BCUT2D eigenvalue weighted by Gasteiger charge is 2.15. The summed E-state index contributed by atoms with van der Waals surface area (Å²) in [7, 11) is 0. The van der Waals surface area contributed by atoms with Gasteiger partial charge in [-0.1, -0.05) is 0 Å². The van der Waals surface area contributed by atoms with Gasteiger partial charge in [-0.3, -0.25) is 0 Å². The van der Waals surface area contributed by atoms with Gasteiger partial charge < -0.3 is 15.6 Å². The van der Waals surface area contributed by atoms with Crippen molar-refractivity contribution >= 4 is 27.6 Å². The number of rotatable bonds is 2. The van der Waals surface area contributed by atoms with Gasteiger partial charge in [0.1, 0.15) is 0 Å². The number of benzene rings is 1. The van der Waals surface area contributed by atoms with E-state index in [0.717, 1.165) is 0 Å². The maximum Gasteiger partial charge on any atom is 0.340 e. The summed E-state index contributed by atoms with van der Waals surface area (Å²) in [6, 6.07) is 3.04. The quantitative estimate of drug-likeness (QED) is 0.484. The predicted octanol–water partition coefficient (Wildman–Crippen LogP) is 1.91. The van der Waals surface area contributed by atoms with Crippen molar-refractivity contribution in [2.45, 2.75) is 6.92 Å². The highest BCUT2D eigenvalue weighted by atomic mass is 79.9. The molecule has 0 aliphatic rings. The normalized spacial score (nSPS) is 9.86. The van der Waals surface area contributed by atoms with Gasteiger partial charge in [0.2, 0.25) is 0 Å². The van der Waals surface area contributed by atoms with Crippen molar-refractivity contribution in [3.63, 3.8) is 0 Å². The Morgan fingerprint density at radius 1 is 1.64 bits per heavy atom. The molecule has 76 valence electrons. The number of aromatic hydroxyl groups is 1. The van der Waals surface area contributed by atoms with Crippen molar-refractivity contribution in [1.82, 2.24) is 0 Å². The van der Waals surface area contributed by atoms with E-state index >= 15 is 0 Å². The van der Waals surface area contributed by atoms with Gasteiger partial charge in [0.15, 0.2) is 5.75 Å². The van der Waals surface area contributed by atoms with Crippen LogP contribution in [0.25, 0.3) is 0 Å². The van der Waals surface area contributed by atoms with Crippen molar-refractivity contribution in [3.05, 3.63) is 22.2 Å². The third-order valence-electron chi connectivity index (χ3n) is 1.66. The molecule has 0 aliphatic heterocycles. The number of phenols is 1. The maximum absolute atomic E-state index is 11.3. The predicted molar refractivity (Wildman–Crippen MR) is 56.2 cm³/mol. The Morgan fingerprint density at radius 3 is 2.86 bits per heavy atom. The number of hydrogen-bond acceptors (Lipinski definition) is 4. The van der Waals surface area contributed by atoms with E-state index in [1.54, 1.807) is 6.92 Å². The van der Waals surface area contributed by atoms with Crippen LogP contribution in [0.4, 0.5) is 5.69 Å². The van der Waals surface area contributed by atoms with Crippen molar-refractivity contribution in [3.8, 4) is 5.75 Å². The van der Waals surface area contributed by atoms with Crippen LogP contribution < -0.4 is 5.73 Å². The largest absolute Gasteiger partial charge is 0.505 e. The lowest BCUT2D eigenvalue weighted by Gasteiger charge is -2.07. The zero-order valence-corrected chi connectivity index (χ0v) is 9.17. The second kappa shape index (κ2) is 4.32. The number of esters is 1. The molecule has 4 nitrogen and oxygen atoms in total. The second-order valence-corrected chi connectivity index (χ2v) is 3.43. The number of phenolic OH excluding ortho intramolecular Hbond substituents is 1. The first-order chi connectivity index (χ1) is 6.57. The number of anilines is 1. The third kappa shape index (κ3) is 1.98. The van der Waals surface area contributed by atoms with E-state index in [4.69, 9.17) is 10.5 Å². The molecule has 0 saturated heterocycles. The molecule has 0 heterocycles. The van der Waals surface area contributed by atoms with Crippen LogP contribution >= 0.6 is 15.9 Å². The van der Waals surface area contributed by atoms with Crippen LogP contribution in [0.2, 0.25) is 0 Å². The molecular weight excluding hydrogens is 250 g/mol. The van der Waals surface area contributed by atoms with Gasteiger partial charge in [-0.05, 0) is 35.0 Å². The van der Waals surface area contributed by atoms with Crippen LogP contribution in [-0.4, -0.2) is 17.7 Å². The zero-order chi connectivity index (χ0) is 10.7. The Bertz CT molecular complexity index is 365. The van der Waals surface area contributed by atoms with Crippen molar-refractivity contribution in [2.75, 3.05) is 12.3 Å². The summed E-state index contributed by atoms with van der Waals surface area (Å²) in [6.07, 6.45) is 0. The number of nitrogen functional groups attached to an aromatic ring is 1. The molecule has 1 aromatic rings. The summed E-state index contributed by atoms with van der Waals surface area (Å²) in [5.41, 5.74) is 5.73. The van der Waals surface area contributed by atoms with Crippen LogP contribution in [0.5, 0.6) is 5.75 Å². The molecule has 0 radical (unpaired) electrons. The molecule has 1 rings (SSSR count). The Balaban J connectivity index is 3.11. The summed E-state index contributed by atoms with van der Waals surface area (Å²) in [5.74, 6) is -0.677. The molecule has 0 amide bonds. The van der Waals surface area contributed by atoms with Crippen LogP contribution in [0, 0.1) is 0 Å². The fourth-order valence-corrected chi connectivity index (χ4v) is 1.31. The van der Waals surface area contributed by atoms with Crippen molar-refractivity contribution in [2.24, 2.45) is 0 Å². The summed E-state index contributed by atoms with van der Waals surface area (Å²) in [6.45, 7) is 1.97. The molecular formula is C9H10BrNO3. The van der Waals surface area contributed by atoms with E-state index in [0.29, 0.717) is 4.47 Å². The Kier molecular flexibility index (Phi) is 3.35. The van der Waals surface area contributed by atoms with E-state index in [2.05, 4.69) is 15.9 Å². The number of hydrogen-bond donors (Lipinski definition) is 2. The lowest BCUT2D eigenvalue weighted by atomic mass is 10.1. The van der Waals surface area contributed by atoms with Gasteiger partial charge in [-0.2, -0.15) is 0 Å². The van der Waals surface area contributed by atoms with Gasteiger partial charge in [0.25, 0.3) is 0 Å². The molecule has 0 aliphatic carbocycles. The number of carbonyl (C=O) groups is 1. The number of nitrogens with two attached hydrogens (primary N) is 1. The molecule has 14 heavy (non-hydrogen) atoms. The molecule has 5 heteroatoms. The average Bonchev–Trinajstić information content (AvgIpc) is 2.15. The monoisotopic (exact) mass is 259 g/mol. The number of halogens is 1. The van der Waals surface area contributed by atoms with Crippen molar-refractivity contribution in [1.29, 1.82) is 0 Å². The van der Waals surface area contributed by atoms with Crippen molar-refractivity contribution < 1.29 is 14.6 Å². The minimum absolute atomic E-state index is 0.0258. The summed E-state index contributed by atoms with van der Waals surface area (Å²) in [4.78, 5) is 11.3. The summed E-state index contributed by atoms with van der Waals surface area (Å²) < 4.78 is 5.21. The molecule has 0 aromatic heterocycles. The lowest BCUT2D eigenvalue weighted by molar-refractivity contribution is 0.0527. The third-order valence-corrected chi connectivity index (χ3v) is 2.30. The van der Waals surface area contributed by atoms with Crippen LogP contribution in [-0.2, 0) is 4.74 Å². The molecule has 0 saturated carbocycles. The van der Waals surface area contributed by atoms with Gasteiger partial charge in [-0.15, -0.1) is 0 Å². The Hall–Kier alpha value is -1.23. The molecule has 0 fully saturated rings. The lowest BCUT2D eigenvalue weighted by Crippen LogP contribution is -2.08. The van der Waals surface area contributed by atoms with Crippen LogP contribution in [0.15, 0.2) is 16.6 Å². The first-order valence-corrected chi connectivity index (χ1v) is 4.81. The van der Waals surface area contributed by atoms with Gasteiger partial charge >= 0.3 is 5.97 Å². The SMILES string of the molecule is CCOC(=O)c1ccc(Br)c(O)c1N. The highest BCUT2D eigenvalue weighted by molar-refractivity contribution is 9.10. The first-order valence-electron chi connectivity index (χ1n) is 4.02. The smallest absolute Gasteiger partial charge is 0.340 e. The number of carbonyl (C=O) groups excluding carboxylic acids is 1. The first kappa shape index (κ1) is 10.8. The highest BCUT2D eigenvalue weighted by Crippen LogP contribution is 2.32. The van der Waals surface area contributed by atoms with Gasteiger partial charge in [-0.25, -0.2) is 4.79 Å². The average molecular weight is 260 g/mol. The van der Waals surface area contributed by atoms with Crippen LogP contribution in [0.1, 0.15) is 17.3 Å². The fraction of sp³-hybridized carbons (Fsp3) is 0.222. The summed E-state index contributed by atoms with van der Waals surface area (Å²) >= 11 is 3.09. The molecule has 0 spiro atoms. The molecule has 0 unspecified atom stereocenters. The van der Waals surface area contributed by atoms with E-state index in [-0.39, 0.29) is 23.6 Å². The minimum atomic E-state index is -0.534. The minimum Gasteiger partial charge on any atom is -0.505 e. The van der Waals surface area contributed by atoms with Gasteiger partial charge in [0.05, 0.1) is 22.3 Å². The zero-order valence-electron chi connectivity index (χ0n) is 7.58. The van der Waals surface area contributed by atoms with E-state index in [9.17, 15) is 9.90 Å². The van der Waals surface area contributed by atoms with E-state index in [1.807, 2.05) is 0 Å². The molecule has 1 aromatic carbocycles. The topological polar surface area (TPSA) is 72.5 Å². The Labute approximate surface area is 89.8 Å². The summed E-state index contributed by atoms with van der Waals surface area (Å²) in [5, 5.41) is 9.42. The second-order valence-electron chi connectivity index (χ2n) is 2.58. The maximum atomic E-state index is 11.3. The van der Waals surface area contributed by atoms with Crippen LogP contribution in [0.3, 0.4) is 0 Å². The van der Waals surface area contributed by atoms with E-state index < -0.39 is 5.97 Å². The molecule has 3 N–H and O–H groups in total. The van der Waals surface area contributed by atoms with E-state index in [1.165, 1.54) is 12.1 Å². The fourth-order valence-electron chi connectivity index (χ4n) is 0.968.